The number of pyridine rings is 1. The summed E-state index contributed by atoms with van der Waals surface area (Å²) in [6, 6.07) is 4.86. The van der Waals surface area contributed by atoms with E-state index in [1.54, 1.807) is 0 Å². The average Bonchev–Trinajstić information content (AvgIpc) is 2.30. The van der Waals surface area contributed by atoms with Gasteiger partial charge >= 0.3 is 0 Å². The molecular weight excluding hydrogens is 222 g/mol. The van der Waals surface area contributed by atoms with Crippen molar-refractivity contribution in [2.24, 2.45) is 5.92 Å². The highest BCUT2D eigenvalue weighted by atomic mass is 15.2. The highest BCUT2D eigenvalue weighted by molar-refractivity contribution is 5.13. The van der Waals surface area contributed by atoms with Crippen LogP contribution in [0.25, 0.3) is 0 Å². The van der Waals surface area contributed by atoms with Crippen molar-refractivity contribution >= 4 is 0 Å². The molecule has 0 aliphatic heterocycles. The molecule has 0 atom stereocenters. The van der Waals surface area contributed by atoms with Crippen molar-refractivity contribution in [1.82, 2.24) is 15.2 Å². The molecule has 1 aromatic heterocycles. The van der Waals surface area contributed by atoms with Crippen molar-refractivity contribution in [1.29, 1.82) is 0 Å². The summed E-state index contributed by atoms with van der Waals surface area (Å²) in [6.07, 6.45) is 1.97. The van der Waals surface area contributed by atoms with E-state index in [2.05, 4.69) is 55.0 Å². The maximum atomic E-state index is 4.55. The Bertz CT molecular complexity index is 330. The van der Waals surface area contributed by atoms with Crippen molar-refractivity contribution in [2.75, 3.05) is 13.6 Å². The topological polar surface area (TPSA) is 28.2 Å². The van der Waals surface area contributed by atoms with Gasteiger partial charge in [0.05, 0.1) is 5.69 Å². The Morgan fingerprint density at radius 1 is 1.22 bits per heavy atom. The van der Waals surface area contributed by atoms with Gasteiger partial charge in [-0.2, -0.15) is 0 Å². The van der Waals surface area contributed by atoms with Crippen LogP contribution < -0.4 is 5.32 Å². The molecule has 3 nitrogen and oxygen atoms in total. The van der Waals surface area contributed by atoms with E-state index in [0.717, 1.165) is 25.3 Å². The number of hydrogen-bond donors (Lipinski definition) is 1. The Kier molecular flexibility index (Phi) is 6.30. The molecule has 0 aromatic carbocycles. The second-order valence-electron chi connectivity index (χ2n) is 5.61. The van der Waals surface area contributed by atoms with E-state index >= 15 is 0 Å². The number of nitrogens with one attached hydrogen (secondary N) is 1. The van der Waals surface area contributed by atoms with Crippen LogP contribution in [0.4, 0.5) is 0 Å². The van der Waals surface area contributed by atoms with Crippen LogP contribution in [0.5, 0.6) is 0 Å². The summed E-state index contributed by atoms with van der Waals surface area (Å²) >= 11 is 0. The van der Waals surface area contributed by atoms with Crippen LogP contribution >= 0.6 is 0 Å². The van der Waals surface area contributed by atoms with Gasteiger partial charge in [0.1, 0.15) is 0 Å². The summed E-state index contributed by atoms with van der Waals surface area (Å²) in [5, 5.41) is 3.14. The van der Waals surface area contributed by atoms with Gasteiger partial charge < -0.3 is 5.32 Å². The van der Waals surface area contributed by atoms with Gasteiger partial charge in [-0.15, -0.1) is 0 Å². The van der Waals surface area contributed by atoms with Crippen LogP contribution in [0.15, 0.2) is 18.3 Å². The Balaban J connectivity index is 2.63. The predicted octanol–water partition coefficient (Wildman–Crippen LogP) is 2.67. The zero-order valence-corrected chi connectivity index (χ0v) is 12.4. The van der Waals surface area contributed by atoms with E-state index in [0.29, 0.717) is 12.0 Å². The molecule has 0 fully saturated rings. The van der Waals surface area contributed by atoms with Gasteiger partial charge in [-0.25, -0.2) is 0 Å². The summed E-state index contributed by atoms with van der Waals surface area (Å²) in [4.78, 5) is 7.02. The summed E-state index contributed by atoms with van der Waals surface area (Å²) < 4.78 is 0. The third-order valence-electron chi connectivity index (χ3n) is 2.96. The lowest BCUT2D eigenvalue weighted by Gasteiger charge is -2.27. The molecule has 0 aliphatic carbocycles. The van der Waals surface area contributed by atoms with E-state index in [-0.39, 0.29) is 0 Å². The zero-order chi connectivity index (χ0) is 13.5. The molecule has 0 saturated carbocycles. The third-order valence-corrected chi connectivity index (χ3v) is 2.96. The van der Waals surface area contributed by atoms with E-state index in [1.165, 1.54) is 5.56 Å². The van der Waals surface area contributed by atoms with E-state index in [4.69, 9.17) is 0 Å². The van der Waals surface area contributed by atoms with Crippen molar-refractivity contribution in [3.63, 3.8) is 0 Å². The fraction of sp³-hybridized carbons (Fsp3) is 0.667. The Labute approximate surface area is 112 Å². The molecular formula is C15H27N3. The summed E-state index contributed by atoms with van der Waals surface area (Å²) in [7, 11) is 1.96. The molecule has 0 spiro atoms. The molecule has 0 saturated heterocycles. The first kappa shape index (κ1) is 15.1. The van der Waals surface area contributed by atoms with Crippen LogP contribution in [-0.2, 0) is 13.1 Å². The first-order valence-electron chi connectivity index (χ1n) is 6.85. The summed E-state index contributed by atoms with van der Waals surface area (Å²) in [5.41, 5.74) is 2.39. The summed E-state index contributed by atoms with van der Waals surface area (Å²) in [5.74, 6) is 0.691. The molecule has 1 N–H and O–H groups in total. The number of aromatic nitrogens is 1. The fourth-order valence-corrected chi connectivity index (χ4v) is 1.99. The molecule has 0 radical (unpaired) electrons. The number of rotatable bonds is 7. The smallest absolute Gasteiger partial charge is 0.0544 e. The lowest BCUT2D eigenvalue weighted by molar-refractivity contribution is 0.187. The second-order valence-corrected chi connectivity index (χ2v) is 5.61. The van der Waals surface area contributed by atoms with Gasteiger partial charge in [-0.05, 0) is 38.4 Å². The van der Waals surface area contributed by atoms with Crippen molar-refractivity contribution in [3.8, 4) is 0 Å². The lowest BCUT2D eigenvalue weighted by Crippen LogP contribution is -2.33. The average molecular weight is 249 g/mol. The van der Waals surface area contributed by atoms with Crippen LogP contribution in [0.2, 0.25) is 0 Å². The van der Waals surface area contributed by atoms with Crippen molar-refractivity contribution in [2.45, 2.75) is 46.8 Å². The number of nitrogens with zero attached hydrogens (tertiary/aromatic N) is 2. The third kappa shape index (κ3) is 5.15. The van der Waals surface area contributed by atoms with Crippen molar-refractivity contribution < 1.29 is 0 Å². The summed E-state index contributed by atoms with van der Waals surface area (Å²) in [6.45, 7) is 12.0. The largest absolute Gasteiger partial charge is 0.316 e. The first-order valence-corrected chi connectivity index (χ1v) is 6.85. The molecule has 1 heterocycles. The van der Waals surface area contributed by atoms with E-state index in [1.807, 2.05) is 13.2 Å². The van der Waals surface area contributed by atoms with Crippen molar-refractivity contribution in [3.05, 3.63) is 29.6 Å². The molecule has 0 aliphatic rings. The van der Waals surface area contributed by atoms with Gasteiger partial charge in [0, 0.05) is 31.9 Å². The van der Waals surface area contributed by atoms with Crippen LogP contribution in [0.1, 0.15) is 39.0 Å². The molecule has 0 amide bonds. The molecule has 1 aromatic rings. The fourth-order valence-electron chi connectivity index (χ4n) is 1.99. The highest BCUT2D eigenvalue weighted by Crippen LogP contribution is 2.10. The normalized spacial score (nSPS) is 11.8. The first-order chi connectivity index (χ1) is 8.52. The van der Waals surface area contributed by atoms with Gasteiger partial charge in [0.2, 0.25) is 0 Å². The molecule has 3 heteroatoms. The van der Waals surface area contributed by atoms with Crippen LogP contribution in [0, 0.1) is 5.92 Å². The Morgan fingerprint density at radius 3 is 2.39 bits per heavy atom. The molecule has 1 rings (SSSR count). The second kappa shape index (κ2) is 7.49. The minimum Gasteiger partial charge on any atom is -0.316 e. The predicted molar refractivity (Wildman–Crippen MR) is 77.4 cm³/mol. The maximum Gasteiger partial charge on any atom is 0.0544 e. The van der Waals surface area contributed by atoms with Gasteiger partial charge in [-0.3, -0.25) is 9.88 Å². The Hall–Kier alpha value is -0.930. The molecule has 18 heavy (non-hydrogen) atoms. The minimum atomic E-state index is 0.561. The standard InChI is InChI=1S/C15H27N3/c1-12(2)10-18(13(3)4)11-15-7-6-14(8-16-5)9-17-15/h6-7,9,12-13,16H,8,10-11H2,1-5H3. The highest BCUT2D eigenvalue weighted by Gasteiger charge is 2.12. The monoisotopic (exact) mass is 249 g/mol. The maximum absolute atomic E-state index is 4.55. The SMILES string of the molecule is CNCc1ccc(CN(CC(C)C)C(C)C)nc1. The van der Waals surface area contributed by atoms with Crippen LogP contribution in [-0.4, -0.2) is 29.5 Å². The number of hydrogen-bond acceptors (Lipinski definition) is 3. The van der Waals surface area contributed by atoms with Gasteiger partial charge in [0.15, 0.2) is 0 Å². The quantitative estimate of drug-likeness (QED) is 0.805. The molecule has 102 valence electrons. The Morgan fingerprint density at radius 2 is 1.94 bits per heavy atom. The van der Waals surface area contributed by atoms with E-state index in [9.17, 15) is 0 Å². The van der Waals surface area contributed by atoms with Gasteiger partial charge in [-0.1, -0.05) is 19.9 Å². The van der Waals surface area contributed by atoms with E-state index < -0.39 is 0 Å². The zero-order valence-electron chi connectivity index (χ0n) is 12.4. The lowest BCUT2D eigenvalue weighted by atomic mass is 10.1. The molecule has 0 bridgehead atoms. The minimum absolute atomic E-state index is 0.561. The molecule has 0 unspecified atom stereocenters. The van der Waals surface area contributed by atoms with Crippen LogP contribution in [0.3, 0.4) is 0 Å². The van der Waals surface area contributed by atoms with Gasteiger partial charge in [0.25, 0.3) is 0 Å².